The van der Waals surface area contributed by atoms with Gasteiger partial charge in [0, 0.05) is 16.9 Å². The van der Waals surface area contributed by atoms with Crippen LogP contribution in [0, 0.1) is 0 Å². The van der Waals surface area contributed by atoms with Crippen LogP contribution in [0.1, 0.15) is 19.8 Å². The van der Waals surface area contributed by atoms with E-state index < -0.39 is 5.97 Å². The van der Waals surface area contributed by atoms with Crippen LogP contribution in [0.3, 0.4) is 0 Å². The largest absolute Gasteiger partial charge is 0.484 e. The summed E-state index contributed by atoms with van der Waals surface area (Å²) in [6.07, 6.45) is 0.436. The molecule has 0 spiro atoms. The maximum absolute atomic E-state index is 11.6. The van der Waals surface area contributed by atoms with Gasteiger partial charge in [0.25, 0.3) is 5.91 Å². The van der Waals surface area contributed by atoms with Crippen molar-refractivity contribution in [3.63, 3.8) is 0 Å². The molecule has 0 saturated carbocycles. The van der Waals surface area contributed by atoms with Crippen LogP contribution >= 0.6 is 15.9 Å². The molecule has 1 aromatic carbocycles. The molecule has 0 aliphatic rings. The predicted octanol–water partition coefficient (Wildman–Crippen LogP) is 2.20. The number of carboxylic acids is 1. The minimum absolute atomic E-state index is 0.0357. The molecule has 0 bridgehead atoms. The Morgan fingerprint density at radius 1 is 1.47 bits per heavy atom. The fourth-order valence-electron chi connectivity index (χ4n) is 1.43. The van der Waals surface area contributed by atoms with Crippen molar-refractivity contribution in [2.75, 3.05) is 6.61 Å². The summed E-state index contributed by atoms with van der Waals surface area (Å²) < 4.78 is 6.19. The van der Waals surface area contributed by atoms with Gasteiger partial charge in [0.1, 0.15) is 5.75 Å². The molecular formula is C13H16BrNO4. The summed E-state index contributed by atoms with van der Waals surface area (Å²) in [6.45, 7) is 1.67. The van der Waals surface area contributed by atoms with Crippen LogP contribution in [-0.4, -0.2) is 29.6 Å². The van der Waals surface area contributed by atoms with Gasteiger partial charge >= 0.3 is 5.97 Å². The zero-order valence-corrected chi connectivity index (χ0v) is 12.1. The van der Waals surface area contributed by atoms with Gasteiger partial charge in [-0.3, -0.25) is 9.59 Å². The summed E-state index contributed by atoms with van der Waals surface area (Å²) in [6, 6.07) is 7.01. The number of carbonyl (C=O) groups excluding carboxylic acids is 1. The Balaban J connectivity index is 2.29. The normalized spacial score (nSPS) is 11.7. The summed E-state index contributed by atoms with van der Waals surface area (Å²) in [5.74, 6) is -0.535. The highest BCUT2D eigenvalue weighted by atomic mass is 79.9. The van der Waals surface area contributed by atoms with E-state index in [-0.39, 0.29) is 25.0 Å². The van der Waals surface area contributed by atoms with Crippen LogP contribution in [0.5, 0.6) is 5.75 Å². The lowest BCUT2D eigenvalue weighted by molar-refractivity contribution is -0.137. The number of rotatable bonds is 7. The molecule has 0 radical (unpaired) electrons. The van der Waals surface area contributed by atoms with Crippen LogP contribution in [0.4, 0.5) is 0 Å². The van der Waals surface area contributed by atoms with Crippen molar-refractivity contribution in [2.45, 2.75) is 25.8 Å². The molecule has 6 heteroatoms. The third kappa shape index (κ3) is 6.81. The molecule has 1 aromatic rings. The first kappa shape index (κ1) is 15.5. The lowest BCUT2D eigenvalue weighted by Crippen LogP contribution is -2.36. The Labute approximate surface area is 120 Å². The molecule has 1 atom stereocenters. The van der Waals surface area contributed by atoms with Crippen molar-refractivity contribution in [3.8, 4) is 5.75 Å². The van der Waals surface area contributed by atoms with Gasteiger partial charge < -0.3 is 15.2 Å². The van der Waals surface area contributed by atoms with Crippen LogP contribution in [0.15, 0.2) is 28.7 Å². The van der Waals surface area contributed by atoms with E-state index in [1.54, 1.807) is 19.1 Å². The predicted molar refractivity (Wildman–Crippen MR) is 74.1 cm³/mol. The van der Waals surface area contributed by atoms with Crippen molar-refractivity contribution in [3.05, 3.63) is 28.7 Å². The van der Waals surface area contributed by atoms with Gasteiger partial charge in [0.15, 0.2) is 6.61 Å². The van der Waals surface area contributed by atoms with E-state index in [2.05, 4.69) is 21.2 Å². The molecule has 0 aromatic heterocycles. The fraction of sp³-hybridized carbons (Fsp3) is 0.385. The van der Waals surface area contributed by atoms with Gasteiger partial charge in [-0.1, -0.05) is 22.0 Å². The van der Waals surface area contributed by atoms with E-state index in [4.69, 9.17) is 9.84 Å². The van der Waals surface area contributed by atoms with Crippen molar-refractivity contribution in [1.29, 1.82) is 0 Å². The lowest BCUT2D eigenvalue weighted by Gasteiger charge is -2.13. The molecule has 0 fully saturated rings. The molecule has 1 rings (SSSR count). The standard InChI is InChI=1S/C13H16BrNO4/c1-9(5-6-13(17)18)15-12(16)8-19-11-4-2-3-10(14)7-11/h2-4,7,9H,5-6,8H2,1H3,(H,15,16)(H,17,18). The van der Waals surface area contributed by atoms with Crippen molar-refractivity contribution in [2.24, 2.45) is 0 Å². The maximum atomic E-state index is 11.6. The highest BCUT2D eigenvalue weighted by molar-refractivity contribution is 9.10. The van der Waals surface area contributed by atoms with Crippen LogP contribution < -0.4 is 10.1 Å². The number of ether oxygens (including phenoxy) is 1. The number of hydrogen-bond donors (Lipinski definition) is 2. The first-order valence-electron chi connectivity index (χ1n) is 5.87. The van der Waals surface area contributed by atoms with E-state index in [1.165, 1.54) is 0 Å². The lowest BCUT2D eigenvalue weighted by atomic mass is 10.2. The molecule has 5 nitrogen and oxygen atoms in total. The van der Waals surface area contributed by atoms with Gasteiger partial charge in [-0.05, 0) is 31.5 Å². The van der Waals surface area contributed by atoms with Gasteiger partial charge in [-0.25, -0.2) is 0 Å². The molecule has 0 saturated heterocycles. The topological polar surface area (TPSA) is 75.6 Å². The number of aliphatic carboxylic acids is 1. The maximum Gasteiger partial charge on any atom is 0.303 e. The number of nitrogens with one attached hydrogen (secondary N) is 1. The van der Waals surface area contributed by atoms with Crippen LogP contribution in [0.2, 0.25) is 0 Å². The van der Waals surface area contributed by atoms with Crippen molar-refractivity contribution in [1.82, 2.24) is 5.32 Å². The summed E-state index contributed by atoms with van der Waals surface area (Å²) >= 11 is 3.31. The Morgan fingerprint density at radius 3 is 2.84 bits per heavy atom. The Bertz CT molecular complexity index is 450. The number of halogens is 1. The van der Waals surface area contributed by atoms with Gasteiger partial charge in [0.2, 0.25) is 0 Å². The highest BCUT2D eigenvalue weighted by Gasteiger charge is 2.09. The minimum atomic E-state index is -0.869. The third-order valence-corrected chi connectivity index (χ3v) is 2.86. The van der Waals surface area contributed by atoms with Gasteiger partial charge in [-0.2, -0.15) is 0 Å². The number of carboxylic acid groups (broad SMARTS) is 1. The Hall–Kier alpha value is -1.56. The quantitative estimate of drug-likeness (QED) is 0.804. The van der Waals surface area contributed by atoms with Gasteiger partial charge in [0.05, 0.1) is 0 Å². The Kier molecular flexibility index (Phi) is 6.35. The second-order valence-electron chi connectivity index (χ2n) is 4.15. The van der Waals surface area contributed by atoms with Crippen LogP contribution in [-0.2, 0) is 9.59 Å². The summed E-state index contributed by atoms with van der Waals surface area (Å²) in [7, 11) is 0. The average Bonchev–Trinajstić information content (AvgIpc) is 2.34. The van der Waals surface area contributed by atoms with Crippen molar-refractivity contribution < 1.29 is 19.4 Å². The number of hydrogen-bond acceptors (Lipinski definition) is 3. The number of carbonyl (C=O) groups is 2. The Morgan fingerprint density at radius 2 is 2.21 bits per heavy atom. The summed E-state index contributed by atoms with van der Waals surface area (Å²) in [5.41, 5.74) is 0. The SMILES string of the molecule is CC(CCC(=O)O)NC(=O)COc1cccc(Br)c1. The first-order chi connectivity index (χ1) is 8.97. The van der Waals surface area contributed by atoms with Crippen LogP contribution in [0.25, 0.3) is 0 Å². The zero-order chi connectivity index (χ0) is 14.3. The molecule has 19 heavy (non-hydrogen) atoms. The van der Waals surface area contributed by atoms with E-state index >= 15 is 0 Å². The zero-order valence-electron chi connectivity index (χ0n) is 10.6. The van der Waals surface area contributed by atoms with E-state index in [0.717, 1.165) is 4.47 Å². The summed E-state index contributed by atoms with van der Waals surface area (Å²) in [4.78, 5) is 22.0. The van der Waals surface area contributed by atoms with E-state index in [1.807, 2.05) is 12.1 Å². The molecule has 0 aliphatic heterocycles. The average molecular weight is 330 g/mol. The fourth-order valence-corrected chi connectivity index (χ4v) is 1.81. The van der Waals surface area contributed by atoms with E-state index in [0.29, 0.717) is 12.2 Å². The van der Waals surface area contributed by atoms with Crippen molar-refractivity contribution >= 4 is 27.8 Å². The second-order valence-corrected chi connectivity index (χ2v) is 5.06. The molecule has 0 heterocycles. The van der Waals surface area contributed by atoms with Gasteiger partial charge in [-0.15, -0.1) is 0 Å². The molecule has 2 N–H and O–H groups in total. The minimum Gasteiger partial charge on any atom is -0.484 e. The molecule has 1 unspecified atom stereocenters. The molecule has 104 valence electrons. The summed E-state index contributed by atoms with van der Waals surface area (Å²) in [5, 5.41) is 11.2. The monoisotopic (exact) mass is 329 g/mol. The molecular weight excluding hydrogens is 314 g/mol. The first-order valence-corrected chi connectivity index (χ1v) is 6.66. The van der Waals surface area contributed by atoms with E-state index in [9.17, 15) is 9.59 Å². The highest BCUT2D eigenvalue weighted by Crippen LogP contribution is 2.17. The number of benzene rings is 1. The smallest absolute Gasteiger partial charge is 0.303 e. The molecule has 1 amide bonds. The third-order valence-electron chi connectivity index (χ3n) is 2.36. The number of amides is 1. The molecule has 0 aliphatic carbocycles. The second kappa shape index (κ2) is 7.78.